The van der Waals surface area contributed by atoms with Crippen molar-refractivity contribution < 1.29 is 4.74 Å². The monoisotopic (exact) mass is 435 g/mol. The van der Waals surface area contributed by atoms with E-state index in [4.69, 9.17) is 16.3 Å². The van der Waals surface area contributed by atoms with Gasteiger partial charge in [0.2, 0.25) is 0 Å². The second-order valence-electron chi connectivity index (χ2n) is 8.31. The van der Waals surface area contributed by atoms with Crippen LogP contribution < -0.4 is 4.90 Å². The second kappa shape index (κ2) is 10.1. The third-order valence-electron chi connectivity index (χ3n) is 5.99. The van der Waals surface area contributed by atoms with Crippen LogP contribution in [0.2, 0.25) is 5.02 Å². The van der Waals surface area contributed by atoms with Gasteiger partial charge in [0, 0.05) is 36.4 Å². The Morgan fingerprint density at radius 2 is 1.83 bits per heavy atom. The van der Waals surface area contributed by atoms with E-state index >= 15 is 0 Å². The molecule has 0 spiro atoms. The summed E-state index contributed by atoms with van der Waals surface area (Å²) in [6.07, 6.45) is 5.41. The highest BCUT2D eigenvalue weighted by Gasteiger charge is 2.41. The number of pyridine rings is 1. The van der Waals surface area contributed by atoms with Crippen molar-refractivity contribution in [3.8, 4) is 0 Å². The lowest BCUT2D eigenvalue weighted by atomic mass is 9.97. The van der Waals surface area contributed by atoms with Gasteiger partial charge in [0.1, 0.15) is 12.0 Å². The SMILES string of the molecule is CC(C)C1OC[C@H](Cc2ccc(Cl)cc2)N1C1CCN(c2ccccn2)CC1.Cl. The molecule has 29 heavy (non-hydrogen) atoms. The van der Waals surface area contributed by atoms with Crippen LogP contribution in [0.4, 0.5) is 5.82 Å². The van der Waals surface area contributed by atoms with Crippen molar-refractivity contribution in [3.05, 3.63) is 59.2 Å². The quantitative estimate of drug-likeness (QED) is 0.656. The molecular formula is C23H31Cl2N3O. The fraction of sp³-hybridized carbons (Fsp3) is 0.522. The Labute approximate surface area is 185 Å². The first-order valence-corrected chi connectivity index (χ1v) is 10.8. The molecule has 1 aromatic carbocycles. The first-order chi connectivity index (χ1) is 13.6. The Morgan fingerprint density at radius 1 is 1.10 bits per heavy atom. The minimum atomic E-state index is 0. The Bertz CT molecular complexity index is 748. The first kappa shape index (κ1) is 22.4. The van der Waals surface area contributed by atoms with Crippen molar-refractivity contribution in [1.29, 1.82) is 0 Å². The largest absolute Gasteiger partial charge is 0.361 e. The number of rotatable bonds is 5. The van der Waals surface area contributed by atoms with Crippen LogP contribution in [-0.2, 0) is 11.2 Å². The molecular weight excluding hydrogens is 405 g/mol. The number of nitrogens with zero attached hydrogens (tertiary/aromatic N) is 3. The minimum absolute atomic E-state index is 0. The zero-order chi connectivity index (χ0) is 19.5. The molecule has 2 aliphatic heterocycles. The second-order valence-corrected chi connectivity index (χ2v) is 8.74. The van der Waals surface area contributed by atoms with Crippen molar-refractivity contribution >= 4 is 29.8 Å². The Hall–Kier alpha value is -1.33. The van der Waals surface area contributed by atoms with Crippen LogP contribution in [-0.4, -0.2) is 47.9 Å². The molecule has 2 atom stereocenters. The van der Waals surface area contributed by atoms with Crippen LogP contribution >= 0.6 is 24.0 Å². The number of halogens is 2. The molecule has 0 amide bonds. The predicted molar refractivity (Wildman–Crippen MR) is 122 cm³/mol. The van der Waals surface area contributed by atoms with Crippen LogP contribution in [0, 0.1) is 5.92 Å². The van der Waals surface area contributed by atoms with Gasteiger partial charge in [-0.25, -0.2) is 4.98 Å². The molecule has 2 aromatic rings. The van der Waals surface area contributed by atoms with E-state index in [1.54, 1.807) is 0 Å². The molecule has 6 heteroatoms. The van der Waals surface area contributed by atoms with E-state index in [1.165, 1.54) is 5.56 Å². The van der Waals surface area contributed by atoms with E-state index < -0.39 is 0 Å². The van der Waals surface area contributed by atoms with E-state index in [-0.39, 0.29) is 18.6 Å². The summed E-state index contributed by atoms with van der Waals surface area (Å²) in [5.41, 5.74) is 1.33. The number of ether oxygens (including phenoxy) is 1. The lowest BCUT2D eigenvalue weighted by Crippen LogP contribution is -2.52. The van der Waals surface area contributed by atoms with Crippen LogP contribution in [0.15, 0.2) is 48.7 Å². The molecule has 0 aliphatic carbocycles. The maximum absolute atomic E-state index is 6.27. The van der Waals surface area contributed by atoms with Crippen molar-refractivity contribution in [1.82, 2.24) is 9.88 Å². The van der Waals surface area contributed by atoms with Crippen molar-refractivity contribution in [2.75, 3.05) is 24.6 Å². The normalized spacial score (nSPS) is 23.4. The van der Waals surface area contributed by atoms with E-state index in [0.29, 0.717) is 18.0 Å². The van der Waals surface area contributed by atoms with E-state index in [1.807, 2.05) is 24.4 Å². The molecule has 0 bridgehead atoms. The molecule has 1 unspecified atom stereocenters. The van der Waals surface area contributed by atoms with Gasteiger partial charge in [-0.2, -0.15) is 0 Å². The first-order valence-electron chi connectivity index (χ1n) is 10.4. The van der Waals surface area contributed by atoms with Gasteiger partial charge in [-0.1, -0.05) is 43.6 Å². The highest BCUT2D eigenvalue weighted by Crippen LogP contribution is 2.32. The zero-order valence-corrected chi connectivity index (χ0v) is 18.8. The third kappa shape index (κ3) is 5.24. The molecule has 4 nitrogen and oxygen atoms in total. The van der Waals surface area contributed by atoms with Gasteiger partial charge in [0.05, 0.1) is 6.61 Å². The number of anilines is 1. The summed E-state index contributed by atoms with van der Waals surface area (Å²) < 4.78 is 6.27. The summed E-state index contributed by atoms with van der Waals surface area (Å²) in [6.45, 7) is 7.45. The molecule has 4 rings (SSSR count). The van der Waals surface area contributed by atoms with Gasteiger partial charge in [-0.15, -0.1) is 12.4 Å². The molecule has 1 aromatic heterocycles. The lowest BCUT2D eigenvalue weighted by molar-refractivity contribution is -0.0308. The molecule has 0 radical (unpaired) electrons. The summed E-state index contributed by atoms with van der Waals surface area (Å²) >= 11 is 6.06. The van der Waals surface area contributed by atoms with E-state index in [0.717, 1.165) is 49.8 Å². The molecule has 3 heterocycles. The Kier molecular flexibility index (Phi) is 7.80. The molecule has 2 saturated heterocycles. The summed E-state index contributed by atoms with van der Waals surface area (Å²) in [7, 11) is 0. The van der Waals surface area contributed by atoms with Crippen LogP contribution in [0.5, 0.6) is 0 Å². The van der Waals surface area contributed by atoms with Crippen molar-refractivity contribution in [3.63, 3.8) is 0 Å². The lowest BCUT2D eigenvalue weighted by Gasteiger charge is -2.42. The van der Waals surface area contributed by atoms with Gasteiger partial charge >= 0.3 is 0 Å². The summed E-state index contributed by atoms with van der Waals surface area (Å²) in [5, 5.41) is 0.797. The fourth-order valence-electron chi connectivity index (χ4n) is 4.62. The number of hydrogen-bond donors (Lipinski definition) is 0. The Morgan fingerprint density at radius 3 is 2.45 bits per heavy atom. The van der Waals surface area contributed by atoms with Gasteiger partial charge < -0.3 is 9.64 Å². The highest BCUT2D eigenvalue weighted by molar-refractivity contribution is 6.30. The third-order valence-corrected chi connectivity index (χ3v) is 6.24. The van der Waals surface area contributed by atoms with Crippen LogP contribution in [0.3, 0.4) is 0 Å². The molecule has 158 valence electrons. The number of aromatic nitrogens is 1. The highest BCUT2D eigenvalue weighted by atomic mass is 35.5. The zero-order valence-electron chi connectivity index (χ0n) is 17.2. The van der Waals surface area contributed by atoms with E-state index in [9.17, 15) is 0 Å². The fourth-order valence-corrected chi connectivity index (χ4v) is 4.75. The molecule has 2 fully saturated rings. The maximum atomic E-state index is 6.27. The number of benzene rings is 1. The molecule has 0 saturated carbocycles. The van der Waals surface area contributed by atoms with Crippen molar-refractivity contribution in [2.24, 2.45) is 5.92 Å². The number of piperidine rings is 1. The van der Waals surface area contributed by atoms with Crippen molar-refractivity contribution in [2.45, 2.75) is 51.4 Å². The molecule has 2 aliphatic rings. The summed E-state index contributed by atoms with van der Waals surface area (Å²) in [5.74, 6) is 1.58. The topological polar surface area (TPSA) is 28.6 Å². The van der Waals surface area contributed by atoms with Crippen LogP contribution in [0.1, 0.15) is 32.3 Å². The average molecular weight is 436 g/mol. The Balaban J connectivity index is 0.00000240. The maximum Gasteiger partial charge on any atom is 0.128 e. The van der Waals surface area contributed by atoms with Gasteiger partial charge in [-0.3, -0.25) is 4.90 Å². The van der Waals surface area contributed by atoms with Crippen LogP contribution in [0.25, 0.3) is 0 Å². The standard InChI is InChI=1S/C23H30ClN3O.ClH/c1-17(2)23-27(21(16-28-23)15-18-6-8-19(24)9-7-18)20-10-13-26(14-11-20)22-5-3-4-12-25-22;/h3-9,12,17,20-21,23H,10-11,13-16H2,1-2H3;1H/t21-,23?;/m0./s1. The predicted octanol–water partition coefficient (Wildman–Crippen LogP) is 5.05. The smallest absolute Gasteiger partial charge is 0.128 e. The van der Waals surface area contributed by atoms with Gasteiger partial charge in [0.25, 0.3) is 0 Å². The summed E-state index contributed by atoms with van der Waals surface area (Å²) in [4.78, 5) is 9.61. The summed E-state index contributed by atoms with van der Waals surface area (Å²) in [6, 6.07) is 15.4. The van der Waals surface area contributed by atoms with Gasteiger partial charge in [0.15, 0.2) is 0 Å². The minimum Gasteiger partial charge on any atom is -0.361 e. The average Bonchev–Trinajstić information content (AvgIpc) is 3.14. The molecule has 0 N–H and O–H groups in total. The van der Waals surface area contributed by atoms with Gasteiger partial charge in [-0.05, 0) is 55.0 Å². The number of hydrogen-bond acceptors (Lipinski definition) is 4. The van der Waals surface area contributed by atoms with E-state index in [2.05, 4.69) is 52.9 Å².